The van der Waals surface area contributed by atoms with Crippen LogP contribution in [0, 0.1) is 17.8 Å². The van der Waals surface area contributed by atoms with Crippen LogP contribution in [0.5, 0.6) is 0 Å². The van der Waals surface area contributed by atoms with Gasteiger partial charge in [0, 0.05) is 38.8 Å². The molecule has 2 bridgehead atoms. The third-order valence-corrected chi connectivity index (χ3v) is 5.71. The normalized spacial score (nSPS) is 30.7. The Bertz CT molecular complexity index is 460. The molecule has 136 valence electrons. The van der Waals surface area contributed by atoms with Crippen LogP contribution in [-0.4, -0.2) is 70.7 Å². The van der Waals surface area contributed by atoms with E-state index in [1.165, 1.54) is 52.0 Å². The third kappa shape index (κ3) is 5.05. The summed E-state index contributed by atoms with van der Waals surface area (Å²) in [4.78, 5) is 23.6. The summed E-state index contributed by atoms with van der Waals surface area (Å²) in [6.07, 6.45) is 9.16. The van der Waals surface area contributed by atoms with Crippen molar-refractivity contribution in [1.29, 1.82) is 0 Å². The Morgan fingerprint density at radius 1 is 1.08 bits per heavy atom. The van der Waals surface area contributed by atoms with Crippen molar-refractivity contribution >= 4 is 11.9 Å². The van der Waals surface area contributed by atoms with Crippen LogP contribution in [0.2, 0.25) is 0 Å². The highest BCUT2D eigenvalue weighted by molar-refractivity contribution is 6.27. The first-order valence-corrected chi connectivity index (χ1v) is 9.01. The molecule has 6 heteroatoms. The summed E-state index contributed by atoms with van der Waals surface area (Å²) in [6.45, 7) is 11.2. The van der Waals surface area contributed by atoms with Gasteiger partial charge >= 0.3 is 11.9 Å². The fourth-order valence-corrected chi connectivity index (χ4v) is 4.08. The van der Waals surface area contributed by atoms with Gasteiger partial charge in [0.05, 0.1) is 0 Å². The summed E-state index contributed by atoms with van der Waals surface area (Å²) < 4.78 is 0. The highest BCUT2D eigenvalue weighted by atomic mass is 16.4. The minimum atomic E-state index is -1.82. The molecule has 6 nitrogen and oxygen atoms in total. The van der Waals surface area contributed by atoms with Crippen LogP contribution in [0.4, 0.5) is 0 Å². The second kappa shape index (κ2) is 8.62. The maximum atomic E-state index is 9.10. The van der Waals surface area contributed by atoms with E-state index < -0.39 is 11.9 Å². The largest absolute Gasteiger partial charge is 0.473 e. The molecular formula is C18H30N2O4. The molecule has 0 aromatic heterocycles. The Hall–Kier alpha value is -1.40. The Morgan fingerprint density at radius 3 is 2.12 bits per heavy atom. The summed E-state index contributed by atoms with van der Waals surface area (Å²) in [6, 6.07) is 0.776. The van der Waals surface area contributed by atoms with Gasteiger partial charge < -0.3 is 15.1 Å². The number of carboxylic acids is 2. The average molecular weight is 338 g/mol. The van der Waals surface area contributed by atoms with Crippen molar-refractivity contribution in [1.82, 2.24) is 9.80 Å². The van der Waals surface area contributed by atoms with Gasteiger partial charge in [0.25, 0.3) is 0 Å². The van der Waals surface area contributed by atoms with E-state index in [2.05, 4.69) is 35.8 Å². The molecule has 2 fully saturated rings. The van der Waals surface area contributed by atoms with Crippen molar-refractivity contribution < 1.29 is 19.8 Å². The number of aliphatic carboxylic acids is 2. The zero-order valence-corrected chi connectivity index (χ0v) is 14.7. The highest BCUT2D eigenvalue weighted by Crippen LogP contribution is 2.43. The van der Waals surface area contributed by atoms with Gasteiger partial charge in [-0.1, -0.05) is 19.1 Å². The van der Waals surface area contributed by atoms with Gasteiger partial charge in [0.15, 0.2) is 0 Å². The van der Waals surface area contributed by atoms with Crippen molar-refractivity contribution in [3.63, 3.8) is 0 Å². The lowest BCUT2D eigenvalue weighted by atomic mass is 9.93. The van der Waals surface area contributed by atoms with Crippen LogP contribution in [0.15, 0.2) is 12.2 Å². The van der Waals surface area contributed by atoms with Gasteiger partial charge in [0.2, 0.25) is 0 Å². The lowest BCUT2D eigenvalue weighted by Crippen LogP contribution is -2.50. The van der Waals surface area contributed by atoms with Crippen LogP contribution in [-0.2, 0) is 9.59 Å². The molecule has 1 saturated carbocycles. The van der Waals surface area contributed by atoms with Crippen molar-refractivity contribution in [2.24, 2.45) is 17.8 Å². The number of carbonyl (C=O) groups is 2. The van der Waals surface area contributed by atoms with Crippen LogP contribution < -0.4 is 0 Å². The van der Waals surface area contributed by atoms with Gasteiger partial charge in [-0.2, -0.15) is 0 Å². The maximum absolute atomic E-state index is 9.10. The van der Waals surface area contributed by atoms with E-state index in [4.69, 9.17) is 19.8 Å². The fraction of sp³-hybridized carbons (Fsp3) is 0.778. The monoisotopic (exact) mass is 338 g/mol. The second-order valence-electron chi connectivity index (χ2n) is 7.24. The summed E-state index contributed by atoms with van der Waals surface area (Å²) in [5.41, 5.74) is 0. The quantitative estimate of drug-likeness (QED) is 0.601. The number of fused-ring (bicyclic) bond motifs is 2. The second-order valence-corrected chi connectivity index (χ2v) is 7.24. The first kappa shape index (κ1) is 18.9. The van der Waals surface area contributed by atoms with E-state index in [9.17, 15) is 0 Å². The molecule has 1 aliphatic heterocycles. The molecule has 24 heavy (non-hydrogen) atoms. The molecule has 0 amide bonds. The lowest BCUT2D eigenvalue weighted by Gasteiger charge is -2.39. The van der Waals surface area contributed by atoms with Crippen LogP contribution in [0.3, 0.4) is 0 Å². The minimum Gasteiger partial charge on any atom is -0.473 e. The topological polar surface area (TPSA) is 81.1 Å². The number of carboxylic acid groups (broad SMARTS) is 2. The van der Waals surface area contributed by atoms with Gasteiger partial charge in [0.1, 0.15) is 0 Å². The average Bonchev–Trinajstić information content (AvgIpc) is 3.18. The Kier molecular flexibility index (Phi) is 6.80. The molecule has 0 aromatic carbocycles. The van der Waals surface area contributed by atoms with Crippen molar-refractivity contribution in [2.45, 2.75) is 39.2 Å². The van der Waals surface area contributed by atoms with Crippen molar-refractivity contribution in [3.8, 4) is 0 Å². The van der Waals surface area contributed by atoms with Crippen LogP contribution >= 0.6 is 0 Å². The molecule has 0 radical (unpaired) electrons. The lowest BCUT2D eigenvalue weighted by molar-refractivity contribution is -0.159. The maximum Gasteiger partial charge on any atom is 0.414 e. The number of allylic oxidation sites excluding steroid dienone is 2. The molecule has 1 heterocycles. The molecule has 2 aliphatic carbocycles. The molecule has 2 N–H and O–H groups in total. The third-order valence-electron chi connectivity index (χ3n) is 5.71. The van der Waals surface area contributed by atoms with Crippen LogP contribution in [0.1, 0.15) is 33.1 Å². The van der Waals surface area contributed by atoms with Gasteiger partial charge in [-0.25, -0.2) is 9.59 Å². The predicted octanol–water partition coefficient (Wildman–Crippen LogP) is 1.77. The fourth-order valence-electron chi connectivity index (χ4n) is 4.08. The summed E-state index contributed by atoms with van der Waals surface area (Å²) in [5.74, 6) is -0.829. The summed E-state index contributed by atoms with van der Waals surface area (Å²) in [5, 5.41) is 14.8. The van der Waals surface area contributed by atoms with Crippen molar-refractivity contribution in [2.75, 3.05) is 32.7 Å². The van der Waals surface area contributed by atoms with E-state index in [1.807, 2.05) is 0 Å². The number of hydrogen-bond donors (Lipinski definition) is 2. The first-order valence-electron chi connectivity index (χ1n) is 9.01. The molecule has 0 spiro atoms. The van der Waals surface area contributed by atoms with Gasteiger partial charge in [-0.05, 0) is 43.9 Å². The molecule has 0 aromatic rings. The standard InChI is InChI=1S/C16H28N2.C2H2O4/c1-3-13(2)18-8-6-17(7-9-18)12-16-11-14-4-5-15(16)10-14;3-1(4)2(5)6/h4-5,13-16H,3,6-12H2,1-2H3;(H,3,4)(H,5,6). The summed E-state index contributed by atoms with van der Waals surface area (Å²) >= 11 is 0. The molecule has 1 saturated heterocycles. The predicted molar refractivity (Wildman–Crippen MR) is 91.9 cm³/mol. The number of piperazine rings is 1. The number of hydrogen-bond acceptors (Lipinski definition) is 4. The smallest absolute Gasteiger partial charge is 0.414 e. The highest BCUT2D eigenvalue weighted by Gasteiger charge is 2.36. The van der Waals surface area contributed by atoms with Crippen molar-refractivity contribution in [3.05, 3.63) is 12.2 Å². The van der Waals surface area contributed by atoms with E-state index in [0.29, 0.717) is 0 Å². The molecule has 3 rings (SSSR count). The minimum absolute atomic E-state index is 0.776. The van der Waals surface area contributed by atoms with E-state index in [-0.39, 0.29) is 0 Å². The van der Waals surface area contributed by atoms with E-state index >= 15 is 0 Å². The molecular weight excluding hydrogens is 308 g/mol. The van der Waals surface area contributed by atoms with E-state index in [1.54, 1.807) is 0 Å². The first-order chi connectivity index (χ1) is 11.4. The van der Waals surface area contributed by atoms with E-state index in [0.717, 1.165) is 23.8 Å². The SMILES string of the molecule is CCC(C)N1CCN(CC2CC3C=CC2C3)CC1.O=C(O)C(=O)O. The zero-order valence-electron chi connectivity index (χ0n) is 14.7. The van der Waals surface area contributed by atoms with Gasteiger partial charge in [-0.15, -0.1) is 0 Å². The molecule has 3 aliphatic rings. The number of rotatable bonds is 4. The van der Waals surface area contributed by atoms with Gasteiger partial charge in [-0.3, -0.25) is 4.90 Å². The molecule has 4 unspecified atom stereocenters. The summed E-state index contributed by atoms with van der Waals surface area (Å²) in [7, 11) is 0. The number of nitrogens with zero attached hydrogens (tertiary/aromatic N) is 2. The zero-order chi connectivity index (χ0) is 17.7. The van der Waals surface area contributed by atoms with Crippen LogP contribution in [0.25, 0.3) is 0 Å². The molecule has 4 atom stereocenters. The Morgan fingerprint density at radius 2 is 1.71 bits per heavy atom. The Balaban J connectivity index is 0.000000301. The Labute approximate surface area is 144 Å².